The van der Waals surface area contributed by atoms with Gasteiger partial charge >= 0.3 is 0 Å². The molecular weight excluding hydrogens is 332 g/mol. The number of nitrogens with one attached hydrogen (secondary N) is 1. The Bertz CT molecular complexity index is 631. The molecule has 1 unspecified atom stereocenters. The molecule has 0 aliphatic carbocycles. The Hall–Kier alpha value is -0.800. The lowest BCUT2D eigenvalue weighted by Gasteiger charge is -2.19. The molecule has 2 rings (SSSR count). The number of hydrogen-bond acceptors (Lipinski definition) is 1. The zero-order valence-electron chi connectivity index (χ0n) is 11.5. The monoisotopic (exact) mass is 345 g/mol. The van der Waals surface area contributed by atoms with Crippen molar-refractivity contribution in [1.82, 2.24) is 5.32 Å². The van der Waals surface area contributed by atoms with Gasteiger partial charge in [-0.2, -0.15) is 0 Å². The molecule has 0 aliphatic rings. The van der Waals surface area contributed by atoms with Crippen LogP contribution in [-0.4, -0.2) is 6.54 Å². The number of halogens is 4. The van der Waals surface area contributed by atoms with Crippen molar-refractivity contribution in [3.63, 3.8) is 0 Å². The molecule has 112 valence electrons. The maximum atomic E-state index is 14.1. The van der Waals surface area contributed by atoms with Crippen LogP contribution in [0.2, 0.25) is 15.1 Å². The molecule has 0 saturated carbocycles. The first-order valence-electron chi connectivity index (χ1n) is 6.64. The molecule has 0 bridgehead atoms. The van der Waals surface area contributed by atoms with Crippen molar-refractivity contribution >= 4 is 34.8 Å². The van der Waals surface area contributed by atoms with E-state index in [4.69, 9.17) is 34.8 Å². The predicted octanol–water partition coefficient (Wildman–Crippen LogP) is 5.68. The average molecular weight is 347 g/mol. The van der Waals surface area contributed by atoms with Crippen molar-refractivity contribution in [3.8, 4) is 0 Å². The minimum atomic E-state index is -0.373. The van der Waals surface area contributed by atoms with E-state index in [1.807, 2.05) is 13.0 Å². The van der Waals surface area contributed by atoms with Crippen LogP contribution in [-0.2, 0) is 6.42 Å². The summed E-state index contributed by atoms with van der Waals surface area (Å²) in [5.41, 5.74) is 1.53. The van der Waals surface area contributed by atoms with Crippen LogP contribution in [0, 0.1) is 5.82 Å². The van der Waals surface area contributed by atoms with Crippen molar-refractivity contribution < 1.29 is 4.39 Å². The Kier molecular flexibility index (Phi) is 5.88. The van der Waals surface area contributed by atoms with Crippen LogP contribution in [0.1, 0.15) is 24.1 Å². The third kappa shape index (κ3) is 4.10. The summed E-state index contributed by atoms with van der Waals surface area (Å²) in [7, 11) is 0. The maximum absolute atomic E-state index is 14.1. The third-order valence-corrected chi connectivity index (χ3v) is 4.28. The molecule has 0 saturated heterocycles. The molecule has 0 amide bonds. The zero-order chi connectivity index (χ0) is 15.4. The molecule has 21 heavy (non-hydrogen) atoms. The third-order valence-electron chi connectivity index (χ3n) is 3.25. The van der Waals surface area contributed by atoms with Crippen LogP contribution in [0.15, 0.2) is 36.4 Å². The average Bonchev–Trinajstić information content (AvgIpc) is 2.46. The van der Waals surface area contributed by atoms with Gasteiger partial charge in [-0.3, -0.25) is 0 Å². The second kappa shape index (κ2) is 7.46. The summed E-state index contributed by atoms with van der Waals surface area (Å²) in [6, 6.07) is 10.4. The highest BCUT2D eigenvalue weighted by molar-refractivity contribution is 6.42. The SMILES string of the molecule is CCNC(Cc1cccc(Cl)c1F)c1ccc(Cl)c(Cl)c1. The Morgan fingerprint density at radius 2 is 1.81 bits per heavy atom. The lowest BCUT2D eigenvalue weighted by molar-refractivity contribution is 0.528. The van der Waals surface area contributed by atoms with E-state index in [1.165, 1.54) is 0 Å². The fourth-order valence-electron chi connectivity index (χ4n) is 2.21. The summed E-state index contributed by atoms with van der Waals surface area (Å²) in [5.74, 6) is -0.373. The Morgan fingerprint density at radius 3 is 2.48 bits per heavy atom. The predicted molar refractivity (Wildman–Crippen MR) is 88.0 cm³/mol. The largest absolute Gasteiger partial charge is 0.310 e. The van der Waals surface area contributed by atoms with E-state index in [1.54, 1.807) is 30.3 Å². The molecule has 0 aliphatic heterocycles. The summed E-state index contributed by atoms with van der Waals surface area (Å²) in [5, 5.41) is 4.46. The maximum Gasteiger partial charge on any atom is 0.145 e. The van der Waals surface area contributed by atoms with E-state index in [0.29, 0.717) is 22.0 Å². The normalized spacial score (nSPS) is 12.4. The lowest BCUT2D eigenvalue weighted by atomic mass is 9.98. The molecule has 0 radical (unpaired) electrons. The van der Waals surface area contributed by atoms with Crippen LogP contribution < -0.4 is 5.32 Å². The van der Waals surface area contributed by atoms with Gasteiger partial charge in [0.25, 0.3) is 0 Å². The summed E-state index contributed by atoms with van der Waals surface area (Å²) in [4.78, 5) is 0. The zero-order valence-corrected chi connectivity index (χ0v) is 13.7. The number of likely N-dealkylation sites (N-methyl/N-ethyl adjacent to an activating group) is 1. The molecule has 0 fully saturated rings. The second-order valence-corrected chi connectivity index (χ2v) is 5.92. The van der Waals surface area contributed by atoms with E-state index in [2.05, 4.69) is 5.32 Å². The molecule has 2 aromatic rings. The lowest BCUT2D eigenvalue weighted by Crippen LogP contribution is -2.23. The number of hydrogen-bond donors (Lipinski definition) is 1. The van der Waals surface area contributed by atoms with Crippen molar-refractivity contribution in [3.05, 3.63) is 68.4 Å². The highest BCUT2D eigenvalue weighted by atomic mass is 35.5. The van der Waals surface area contributed by atoms with Crippen LogP contribution in [0.25, 0.3) is 0 Å². The number of benzene rings is 2. The van der Waals surface area contributed by atoms with Crippen LogP contribution in [0.4, 0.5) is 4.39 Å². The highest BCUT2D eigenvalue weighted by Gasteiger charge is 2.16. The van der Waals surface area contributed by atoms with Gasteiger partial charge in [-0.15, -0.1) is 0 Å². The molecule has 1 N–H and O–H groups in total. The van der Waals surface area contributed by atoms with Gasteiger partial charge in [-0.25, -0.2) is 4.39 Å². The van der Waals surface area contributed by atoms with Crippen molar-refractivity contribution in [1.29, 1.82) is 0 Å². The Labute approximate surface area is 139 Å². The molecule has 5 heteroatoms. The fourth-order valence-corrected chi connectivity index (χ4v) is 2.71. The highest BCUT2D eigenvalue weighted by Crippen LogP contribution is 2.28. The minimum absolute atomic E-state index is 0.0577. The molecule has 0 aromatic heterocycles. The van der Waals surface area contributed by atoms with Gasteiger partial charge in [0.2, 0.25) is 0 Å². The van der Waals surface area contributed by atoms with Gasteiger partial charge in [0.15, 0.2) is 0 Å². The first-order chi connectivity index (χ1) is 10.0. The second-order valence-electron chi connectivity index (χ2n) is 4.70. The summed E-state index contributed by atoms with van der Waals surface area (Å²) < 4.78 is 14.1. The first-order valence-corrected chi connectivity index (χ1v) is 7.77. The summed E-state index contributed by atoms with van der Waals surface area (Å²) in [6.07, 6.45) is 0.484. The quantitative estimate of drug-likeness (QED) is 0.734. The van der Waals surface area contributed by atoms with Crippen LogP contribution in [0.3, 0.4) is 0 Å². The van der Waals surface area contributed by atoms with Crippen molar-refractivity contribution in [2.45, 2.75) is 19.4 Å². The van der Waals surface area contributed by atoms with Gasteiger partial charge in [0, 0.05) is 6.04 Å². The smallest absolute Gasteiger partial charge is 0.145 e. The van der Waals surface area contributed by atoms with Crippen molar-refractivity contribution in [2.24, 2.45) is 0 Å². The molecule has 0 heterocycles. The first kappa shape index (κ1) is 16.6. The Morgan fingerprint density at radius 1 is 1.05 bits per heavy atom. The van der Waals surface area contributed by atoms with Gasteiger partial charge in [0.05, 0.1) is 15.1 Å². The van der Waals surface area contributed by atoms with Crippen LogP contribution >= 0.6 is 34.8 Å². The van der Waals surface area contributed by atoms with Crippen LogP contribution in [0.5, 0.6) is 0 Å². The standard InChI is InChI=1S/C16H15Cl3FN/c1-2-21-15(10-6-7-12(17)14(19)8-10)9-11-4-3-5-13(18)16(11)20/h3-8,15,21H,2,9H2,1H3. The molecule has 2 aromatic carbocycles. The van der Waals surface area contributed by atoms with Gasteiger partial charge < -0.3 is 5.32 Å². The molecule has 0 spiro atoms. The van der Waals surface area contributed by atoms with Crippen molar-refractivity contribution in [2.75, 3.05) is 6.54 Å². The van der Waals surface area contributed by atoms with E-state index >= 15 is 0 Å². The summed E-state index contributed by atoms with van der Waals surface area (Å²) >= 11 is 17.8. The van der Waals surface area contributed by atoms with E-state index in [9.17, 15) is 4.39 Å². The summed E-state index contributed by atoms with van der Waals surface area (Å²) in [6.45, 7) is 2.76. The topological polar surface area (TPSA) is 12.0 Å². The minimum Gasteiger partial charge on any atom is -0.310 e. The number of rotatable bonds is 5. The molecule has 1 nitrogen and oxygen atoms in total. The van der Waals surface area contributed by atoms with Gasteiger partial charge in [-0.1, -0.05) is 59.9 Å². The van der Waals surface area contributed by atoms with Gasteiger partial charge in [0.1, 0.15) is 5.82 Å². The van der Waals surface area contributed by atoms with E-state index in [0.717, 1.165) is 12.1 Å². The fraction of sp³-hybridized carbons (Fsp3) is 0.250. The van der Waals surface area contributed by atoms with Gasteiger partial charge in [-0.05, 0) is 42.3 Å². The molecule has 1 atom stereocenters. The Balaban J connectivity index is 2.30. The van der Waals surface area contributed by atoms with E-state index < -0.39 is 0 Å². The van der Waals surface area contributed by atoms with E-state index in [-0.39, 0.29) is 16.9 Å². The molecular formula is C16H15Cl3FN.